The van der Waals surface area contributed by atoms with E-state index in [4.69, 9.17) is 21.8 Å². The number of anilines is 1. The smallest absolute Gasteiger partial charge is 0.298 e. The van der Waals surface area contributed by atoms with Crippen molar-refractivity contribution in [1.29, 1.82) is 0 Å². The number of aromatic nitrogens is 2. The predicted molar refractivity (Wildman–Crippen MR) is 108 cm³/mol. The van der Waals surface area contributed by atoms with E-state index in [0.29, 0.717) is 36.2 Å². The normalized spacial score (nSPS) is 13.7. The number of carbonyl (C=O) groups is 1. The number of hydrogen-bond donors (Lipinski definition) is 1. The first-order chi connectivity index (χ1) is 13.6. The van der Waals surface area contributed by atoms with Gasteiger partial charge >= 0.3 is 0 Å². The molecule has 2 N–H and O–H groups in total. The summed E-state index contributed by atoms with van der Waals surface area (Å²) >= 11 is 6.63. The van der Waals surface area contributed by atoms with Crippen LogP contribution in [0.2, 0.25) is 5.02 Å². The van der Waals surface area contributed by atoms with E-state index >= 15 is 0 Å². The lowest BCUT2D eigenvalue weighted by Gasteiger charge is -2.28. The van der Waals surface area contributed by atoms with Crippen molar-refractivity contribution < 1.29 is 9.21 Å². The molecule has 3 heterocycles. The first-order valence-electron chi connectivity index (χ1n) is 9.00. The Morgan fingerprint density at radius 3 is 2.57 bits per heavy atom. The fourth-order valence-corrected chi connectivity index (χ4v) is 4.23. The van der Waals surface area contributed by atoms with Crippen molar-refractivity contribution in [3.8, 4) is 11.3 Å². The number of fused-ring (bicyclic) bond motifs is 2. The summed E-state index contributed by atoms with van der Waals surface area (Å²) in [7, 11) is 0. The first kappa shape index (κ1) is 16.9. The van der Waals surface area contributed by atoms with Gasteiger partial charge < -0.3 is 19.6 Å². The van der Waals surface area contributed by atoms with Crippen molar-refractivity contribution in [2.45, 2.75) is 13.1 Å². The molecule has 0 aliphatic carbocycles. The first-order valence-corrected chi connectivity index (χ1v) is 9.38. The minimum atomic E-state index is -0.532. The third-order valence-electron chi connectivity index (χ3n) is 5.09. The Morgan fingerprint density at radius 1 is 1.07 bits per heavy atom. The number of halogens is 1. The monoisotopic (exact) mass is 392 g/mol. The summed E-state index contributed by atoms with van der Waals surface area (Å²) in [5, 5.41) is 0.396. The van der Waals surface area contributed by atoms with Gasteiger partial charge in [-0.05, 0) is 17.7 Å². The van der Waals surface area contributed by atoms with Crippen molar-refractivity contribution in [1.82, 2.24) is 9.55 Å². The summed E-state index contributed by atoms with van der Waals surface area (Å²) in [6.45, 7) is 1.77. The molecular formula is C21H17ClN4O2. The molecule has 0 unspecified atom stereocenters. The Balaban J connectivity index is 1.61. The lowest BCUT2D eigenvalue weighted by Crippen LogP contribution is -2.35. The van der Waals surface area contributed by atoms with Crippen molar-refractivity contribution >= 4 is 34.6 Å². The molecule has 2 aromatic heterocycles. The topological polar surface area (TPSA) is 77.3 Å². The number of benzene rings is 2. The minimum absolute atomic E-state index is 0.362. The minimum Gasteiger partial charge on any atom is -0.423 e. The van der Waals surface area contributed by atoms with Gasteiger partial charge in [0.05, 0.1) is 28.5 Å². The molecule has 6 nitrogen and oxygen atoms in total. The summed E-state index contributed by atoms with van der Waals surface area (Å²) in [4.78, 5) is 18.8. The third-order valence-corrected chi connectivity index (χ3v) is 5.46. The summed E-state index contributed by atoms with van der Waals surface area (Å²) in [6.07, 6.45) is 0. The number of hydrogen-bond acceptors (Lipinski definition) is 4. The zero-order valence-electron chi connectivity index (χ0n) is 14.9. The number of amides is 1. The van der Waals surface area contributed by atoms with Gasteiger partial charge in [0.1, 0.15) is 5.52 Å². The van der Waals surface area contributed by atoms with E-state index in [1.54, 1.807) is 0 Å². The molecule has 1 aliphatic rings. The summed E-state index contributed by atoms with van der Waals surface area (Å²) < 4.78 is 7.98. The van der Waals surface area contributed by atoms with Gasteiger partial charge in [0, 0.05) is 13.1 Å². The Labute approximate surface area is 166 Å². The van der Waals surface area contributed by atoms with Crippen LogP contribution in [0.4, 0.5) is 6.01 Å². The quantitative estimate of drug-likeness (QED) is 0.570. The van der Waals surface area contributed by atoms with Gasteiger partial charge in [-0.3, -0.25) is 4.79 Å². The molecule has 2 aromatic carbocycles. The maximum Gasteiger partial charge on any atom is 0.298 e. The number of carbonyl (C=O) groups excluding carboxylic acids is 1. The number of rotatable bonds is 3. The maximum atomic E-state index is 12.2. The third kappa shape index (κ3) is 2.57. The van der Waals surface area contributed by atoms with Gasteiger partial charge in [0.25, 0.3) is 11.9 Å². The van der Waals surface area contributed by atoms with Crippen LogP contribution in [0.25, 0.3) is 22.4 Å². The van der Waals surface area contributed by atoms with E-state index < -0.39 is 5.91 Å². The number of primary amides is 1. The zero-order valence-corrected chi connectivity index (χ0v) is 15.7. The van der Waals surface area contributed by atoms with Crippen molar-refractivity contribution in [3.63, 3.8) is 0 Å². The summed E-state index contributed by atoms with van der Waals surface area (Å²) in [5.74, 6) is -0.532. The standard InChI is InChI=1S/C21H17ClN4O2/c22-18-17(20(23)27)15-12-25(21-24-14-8-4-5-9-16(14)28-21)10-11-26(15)19(18)13-6-2-1-3-7-13/h1-9H,10-12H2,(H2,23,27). The van der Waals surface area contributed by atoms with Crippen LogP contribution in [0.15, 0.2) is 59.0 Å². The molecule has 1 aliphatic heterocycles. The van der Waals surface area contributed by atoms with Crippen LogP contribution in [0.1, 0.15) is 16.1 Å². The Kier molecular flexibility index (Phi) is 3.87. The van der Waals surface area contributed by atoms with Gasteiger partial charge in [-0.2, -0.15) is 4.98 Å². The highest BCUT2D eigenvalue weighted by atomic mass is 35.5. The highest BCUT2D eigenvalue weighted by Crippen LogP contribution is 2.38. The second kappa shape index (κ2) is 6.42. The van der Waals surface area contributed by atoms with Crippen LogP contribution in [0, 0.1) is 0 Å². The molecule has 0 spiro atoms. The van der Waals surface area contributed by atoms with Gasteiger partial charge in [-0.1, -0.05) is 54.1 Å². The van der Waals surface area contributed by atoms with Crippen molar-refractivity contribution in [3.05, 3.63) is 70.9 Å². The lowest BCUT2D eigenvalue weighted by atomic mass is 10.1. The number of oxazole rings is 1. The molecule has 1 amide bonds. The number of nitrogens with two attached hydrogens (primary N) is 1. The maximum absolute atomic E-state index is 12.2. The van der Waals surface area contributed by atoms with Crippen LogP contribution >= 0.6 is 11.6 Å². The average Bonchev–Trinajstić information content (AvgIpc) is 3.26. The van der Waals surface area contributed by atoms with Gasteiger partial charge in [-0.25, -0.2) is 0 Å². The van der Waals surface area contributed by atoms with Crippen LogP contribution < -0.4 is 10.6 Å². The molecule has 0 saturated carbocycles. The number of para-hydroxylation sites is 2. The highest BCUT2D eigenvalue weighted by Gasteiger charge is 2.31. The summed E-state index contributed by atoms with van der Waals surface area (Å²) in [6, 6.07) is 18.0. The molecule has 0 radical (unpaired) electrons. The molecule has 28 heavy (non-hydrogen) atoms. The van der Waals surface area contributed by atoms with Gasteiger partial charge in [0.15, 0.2) is 5.58 Å². The highest BCUT2D eigenvalue weighted by molar-refractivity contribution is 6.36. The molecule has 4 aromatic rings. The average molecular weight is 393 g/mol. The predicted octanol–water partition coefficient (Wildman–Crippen LogP) is 4.07. The SMILES string of the molecule is NC(=O)c1c(Cl)c(-c2ccccc2)n2c1CN(c1nc3ccccc3o1)CC2. The van der Waals surface area contributed by atoms with Crippen molar-refractivity contribution in [2.75, 3.05) is 11.4 Å². The zero-order chi connectivity index (χ0) is 19.3. The summed E-state index contributed by atoms with van der Waals surface area (Å²) in [5.41, 5.74) is 10.1. The Hall–Kier alpha value is -3.25. The molecule has 5 rings (SSSR count). The van der Waals surface area contributed by atoms with E-state index in [1.165, 1.54) is 0 Å². The molecule has 0 bridgehead atoms. The van der Waals surface area contributed by atoms with Crippen LogP contribution in [0.5, 0.6) is 0 Å². The van der Waals surface area contributed by atoms with Gasteiger partial charge in [0.2, 0.25) is 0 Å². The Bertz CT molecular complexity index is 1160. The number of nitrogens with zero attached hydrogens (tertiary/aromatic N) is 3. The Morgan fingerprint density at radius 2 is 1.82 bits per heavy atom. The molecule has 0 fully saturated rings. The molecule has 0 atom stereocenters. The van der Waals surface area contributed by atoms with Crippen LogP contribution in [0.3, 0.4) is 0 Å². The largest absolute Gasteiger partial charge is 0.423 e. The van der Waals surface area contributed by atoms with Crippen LogP contribution in [-0.4, -0.2) is 22.0 Å². The van der Waals surface area contributed by atoms with Crippen LogP contribution in [-0.2, 0) is 13.1 Å². The van der Waals surface area contributed by atoms with E-state index in [-0.39, 0.29) is 0 Å². The van der Waals surface area contributed by atoms with E-state index in [1.807, 2.05) is 59.5 Å². The molecular weight excluding hydrogens is 376 g/mol. The fourth-order valence-electron chi connectivity index (χ4n) is 3.81. The van der Waals surface area contributed by atoms with E-state index in [2.05, 4.69) is 9.55 Å². The second-order valence-electron chi connectivity index (χ2n) is 6.75. The van der Waals surface area contributed by atoms with E-state index in [0.717, 1.165) is 28.1 Å². The fraction of sp³-hybridized carbons (Fsp3) is 0.143. The second-order valence-corrected chi connectivity index (χ2v) is 7.13. The van der Waals surface area contributed by atoms with Crippen molar-refractivity contribution in [2.24, 2.45) is 5.73 Å². The molecule has 0 saturated heterocycles. The molecule has 140 valence electrons. The van der Waals surface area contributed by atoms with E-state index in [9.17, 15) is 4.79 Å². The van der Waals surface area contributed by atoms with Gasteiger partial charge in [-0.15, -0.1) is 0 Å². The molecule has 7 heteroatoms. The lowest BCUT2D eigenvalue weighted by molar-refractivity contribution is 0.0999.